The predicted octanol–water partition coefficient (Wildman–Crippen LogP) is 3.63. The third-order valence-corrected chi connectivity index (χ3v) is 7.43. The maximum absolute atomic E-state index is 13.8. The number of benzene rings is 1. The Kier molecular flexibility index (Phi) is 3.97. The van der Waals surface area contributed by atoms with Gasteiger partial charge in [0.15, 0.2) is 0 Å². The maximum Gasteiger partial charge on any atom is 0.273 e. The lowest BCUT2D eigenvalue weighted by molar-refractivity contribution is -0.136. The predicted molar refractivity (Wildman–Crippen MR) is 108 cm³/mol. The van der Waals surface area contributed by atoms with Crippen LogP contribution in [0.1, 0.15) is 56.4 Å². The van der Waals surface area contributed by atoms with Gasteiger partial charge in [0.25, 0.3) is 5.91 Å². The number of fused-ring (bicyclic) bond motifs is 2. The Bertz CT molecular complexity index is 953. The fourth-order valence-electron chi connectivity index (χ4n) is 6.23. The molecule has 2 aromatic rings. The molecule has 2 bridgehead atoms. The highest BCUT2D eigenvalue weighted by Crippen LogP contribution is 2.53. The molecule has 5 nitrogen and oxygen atoms in total. The minimum absolute atomic E-state index is 0.0225. The van der Waals surface area contributed by atoms with Gasteiger partial charge >= 0.3 is 0 Å². The van der Waals surface area contributed by atoms with E-state index in [1.54, 1.807) is 13.1 Å². The lowest BCUT2D eigenvalue weighted by atomic mass is 9.71. The Balaban J connectivity index is 1.60. The van der Waals surface area contributed by atoms with Gasteiger partial charge in [-0.15, -0.1) is 0 Å². The summed E-state index contributed by atoms with van der Waals surface area (Å²) in [6.07, 6.45) is 7.03. The Morgan fingerprint density at radius 2 is 1.86 bits per heavy atom. The molecule has 146 valence electrons. The van der Waals surface area contributed by atoms with Crippen LogP contribution in [0.5, 0.6) is 0 Å². The van der Waals surface area contributed by atoms with Crippen molar-refractivity contribution in [3.05, 3.63) is 42.2 Å². The van der Waals surface area contributed by atoms with Crippen LogP contribution in [0.4, 0.5) is 0 Å². The SMILES string of the molecule is CC(=O)N1C[C@@H]2C[C@@]3(C)[C@H](CCCC[C@@H]13)N2C(=O)c1nccc2ccccc12. The highest BCUT2D eigenvalue weighted by atomic mass is 16.2. The molecular formula is C23H27N3O2. The molecule has 0 spiro atoms. The molecular weight excluding hydrogens is 350 g/mol. The number of carbonyl (C=O) groups is 2. The van der Waals surface area contributed by atoms with Crippen LogP contribution in [0.3, 0.4) is 0 Å². The average molecular weight is 377 g/mol. The Morgan fingerprint density at radius 1 is 1.11 bits per heavy atom. The highest BCUT2D eigenvalue weighted by molar-refractivity contribution is 6.05. The first-order valence-corrected chi connectivity index (χ1v) is 10.4. The van der Waals surface area contributed by atoms with E-state index in [9.17, 15) is 9.59 Å². The number of hydrogen-bond donors (Lipinski definition) is 0. The second-order valence-electron chi connectivity index (χ2n) is 8.94. The summed E-state index contributed by atoms with van der Waals surface area (Å²) in [5, 5.41) is 1.95. The molecule has 3 heterocycles. The number of hydrogen-bond acceptors (Lipinski definition) is 3. The van der Waals surface area contributed by atoms with Gasteiger partial charge in [0.05, 0.1) is 6.04 Å². The summed E-state index contributed by atoms with van der Waals surface area (Å²) >= 11 is 0. The molecule has 2 aliphatic heterocycles. The van der Waals surface area contributed by atoms with Crippen LogP contribution in [-0.4, -0.2) is 51.3 Å². The van der Waals surface area contributed by atoms with E-state index >= 15 is 0 Å². The van der Waals surface area contributed by atoms with E-state index in [2.05, 4.69) is 21.7 Å². The van der Waals surface area contributed by atoms with Crippen molar-refractivity contribution in [3.63, 3.8) is 0 Å². The fraction of sp³-hybridized carbons (Fsp3) is 0.522. The van der Waals surface area contributed by atoms with Crippen LogP contribution in [0.25, 0.3) is 10.8 Å². The molecule has 2 amide bonds. The van der Waals surface area contributed by atoms with Crippen LogP contribution in [0.15, 0.2) is 36.5 Å². The first-order valence-electron chi connectivity index (χ1n) is 10.4. The molecule has 0 radical (unpaired) electrons. The lowest BCUT2D eigenvalue weighted by Crippen LogP contribution is -2.55. The van der Waals surface area contributed by atoms with Gasteiger partial charge in [-0.1, -0.05) is 44.0 Å². The van der Waals surface area contributed by atoms with Crippen molar-refractivity contribution < 1.29 is 9.59 Å². The topological polar surface area (TPSA) is 53.5 Å². The van der Waals surface area contributed by atoms with Crippen molar-refractivity contribution in [3.8, 4) is 0 Å². The number of amides is 2. The van der Waals surface area contributed by atoms with Crippen LogP contribution in [0, 0.1) is 5.41 Å². The summed E-state index contributed by atoms with van der Waals surface area (Å²) in [6.45, 7) is 4.63. The molecule has 1 aromatic heterocycles. The van der Waals surface area contributed by atoms with E-state index in [-0.39, 0.29) is 35.4 Å². The lowest BCUT2D eigenvalue weighted by Gasteiger charge is -2.46. The molecule has 5 heteroatoms. The first-order chi connectivity index (χ1) is 13.5. The fourth-order valence-corrected chi connectivity index (χ4v) is 6.23. The van der Waals surface area contributed by atoms with Crippen LogP contribution < -0.4 is 0 Å². The second-order valence-corrected chi connectivity index (χ2v) is 8.94. The van der Waals surface area contributed by atoms with Gasteiger partial charge in [-0.2, -0.15) is 0 Å². The standard InChI is InChI=1S/C23H27N3O2/c1-15(27)25-14-17-13-23(2)19(25)9-5-6-10-20(23)26(17)22(28)21-18-8-4-3-7-16(18)11-12-24-21/h3-4,7-8,11-12,17,19-20H,5-6,9-10,13-14H2,1-2H3/t17-,19+,20-,23+/m0/s1. The van der Waals surface area contributed by atoms with Gasteiger partial charge < -0.3 is 9.80 Å². The molecule has 28 heavy (non-hydrogen) atoms. The zero-order valence-corrected chi connectivity index (χ0v) is 16.6. The van der Waals surface area contributed by atoms with Crippen LogP contribution in [0.2, 0.25) is 0 Å². The Labute approximate surface area is 165 Å². The molecule has 3 fully saturated rings. The van der Waals surface area contributed by atoms with Crippen molar-refractivity contribution >= 4 is 22.6 Å². The van der Waals surface area contributed by atoms with Crippen molar-refractivity contribution in [2.45, 2.75) is 64.1 Å². The van der Waals surface area contributed by atoms with Crippen molar-refractivity contribution in [2.24, 2.45) is 5.41 Å². The molecule has 1 saturated carbocycles. The summed E-state index contributed by atoms with van der Waals surface area (Å²) in [7, 11) is 0. The van der Waals surface area contributed by atoms with Gasteiger partial charge in [-0.25, -0.2) is 0 Å². The molecule has 5 rings (SSSR count). The van der Waals surface area contributed by atoms with Crippen molar-refractivity contribution in [1.29, 1.82) is 0 Å². The summed E-state index contributed by atoms with van der Waals surface area (Å²) in [5.74, 6) is 0.167. The van der Waals surface area contributed by atoms with E-state index in [1.807, 2.05) is 30.3 Å². The largest absolute Gasteiger partial charge is 0.337 e. The minimum Gasteiger partial charge on any atom is -0.337 e. The van der Waals surface area contributed by atoms with E-state index in [4.69, 9.17) is 0 Å². The number of nitrogens with zero attached hydrogens (tertiary/aromatic N) is 3. The van der Waals surface area contributed by atoms with Crippen LogP contribution in [-0.2, 0) is 4.79 Å². The third-order valence-electron chi connectivity index (χ3n) is 7.43. The smallest absolute Gasteiger partial charge is 0.273 e. The number of aromatic nitrogens is 1. The van der Waals surface area contributed by atoms with Crippen molar-refractivity contribution in [2.75, 3.05) is 6.54 Å². The molecule has 2 saturated heterocycles. The summed E-state index contributed by atoms with van der Waals surface area (Å²) in [5.41, 5.74) is 0.523. The molecule has 4 atom stereocenters. The Hall–Kier alpha value is -2.43. The maximum atomic E-state index is 13.8. The molecule has 0 unspecified atom stereocenters. The van der Waals surface area contributed by atoms with Gasteiger partial charge in [-0.3, -0.25) is 14.6 Å². The first kappa shape index (κ1) is 17.7. The van der Waals surface area contributed by atoms with E-state index in [1.165, 1.54) is 0 Å². The Morgan fingerprint density at radius 3 is 2.64 bits per heavy atom. The number of likely N-dealkylation sites (tertiary alicyclic amines) is 2. The van der Waals surface area contributed by atoms with E-state index < -0.39 is 0 Å². The summed E-state index contributed by atoms with van der Waals surface area (Å²) < 4.78 is 0. The van der Waals surface area contributed by atoms with Gasteiger partial charge in [0.2, 0.25) is 5.91 Å². The van der Waals surface area contributed by atoms with Gasteiger partial charge in [0.1, 0.15) is 5.69 Å². The van der Waals surface area contributed by atoms with Gasteiger partial charge in [0, 0.05) is 42.6 Å². The molecule has 1 aliphatic carbocycles. The number of pyridine rings is 1. The molecule has 1 aromatic carbocycles. The summed E-state index contributed by atoms with van der Waals surface area (Å²) in [6, 6.07) is 10.4. The number of rotatable bonds is 1. The van der Waals surface area contributed by atoms with Crippen molar-refractivity contribution in [1.82, 2.24) is 14.8 Å². The summed E-state index contributed by atoms with van der Waals surface area (Å²) in [4.78, 5) is 34.9. The van der Waals surface area contributed by atoms with E-state index in [0.29, 0.717) is 12.2 Å². The number of carbonyl (C=O) groups excluding carboxylic acids is 2. The molecule has 3 aliphatic rings. The molecule has 0 N–H and O–H groups in total. The number of piperidine rings is 1. The monoisotopic (exact) mass is 377 g/mol. The second kappa shape index (κ2) is 6.29. The minimum atomic E-state index is -0.0225. The quantitative estimate of drug-likeness (QED) is 0.763. The van der Waals surface area contributed by atoms with Gasteiger partial charge in [-0.05, 0) is 30.7 Å². The zero-order valence-electron chi connectivity index (χ0n) is 16.6. The highest BCUT2D eigenvalue weighted by Gasteiger charge is 2.60. The third kappa shape index (κ3) is 2.41. The van der Waals surface area contributed by atoms with Crippen LogP contribution >= 0.6 is 0 Å². The van der Waals surface area contributed by atoms with E-state index in [0.717, 1.165) is 42.9 Å². The zero-order chi connectivity index (χ0) is 19.5. The average Bonchev–Trinajstić information content (AvgIpc) is 2.81. The normalized spacial score (nSPS) is 31.7.